The van der Waals surface area contributed by atoms with Gasteiger partial charge in [-0.2, -0.15) is 0 Å². The fourth-order valence-electron chi connectivity index (χ4n) is 2.73. The predicted molar refractivity (Wildman–Crippen MR) is 95.2 cm³/mol. The van der Waals surface area contributed by atoms with Gasteiger partial charge in [-0.05, 0) is 32.0 Å². The Morgan fingerprint density at radius 1 is 1.33 bits per heavy atom. The molecule has 6 nitrogen and oxygen atoms in total. The van der Waals surface area contributed by atoms with Gasteiger partial charge >= 0.3 is 5.69 Å². The molecule has 0 spiro atoms. The number of hydrogen-bond donors (Lipinski definition) is 0. The molecule has 0 aliphatic carbocycles. The molecular weight excluding hydrogens is 328 g/mol. The number of imidazole rings is 1. The normalized spacial score (nSPS) is 11.3. The Morgan fingerprint density at radius 2 is 2.08 bits per heavy atom. The first-order valence-electron chi connectivity index (χ1n) is 7.55. The van der Waals surface area contributed by atoms with E-state index in [1.165, 1.54) is 9.13 Å². The van der Waals surface area contributed by atoms with Crippen molar-refractivity contribution in [2.75, 3.05) is 0 Å². The van der Waals surface area contributed by atoms with E-state index in [-0.39, 0.29) is 11.6 Å². The minimum absolute atomic E-state index is 0.285. The van der Waals surface area contributed by atoms with Crippen LogP contribution in [-0.2, 0) is 6.54 Å². The summed E-state index contributed by atoms with van der Waals surface area (Å²) in [6.07, 6.45) is 3.22. The second kappa shape index (κ2) is 6.13. The van der Waals surface area contributed by atoms with Crippen molar-refractivity contribution < 1.29 is 0 Å². The summed E-state index contributed by atoms with van der Waals surface area (Å²) in [5, 5.41) is 0.500. The highest BCUT2D eigenvalue weighted by Gasteiger charge is 2.20. The van der Waals surface area contributed by atoms with E-state index in [2.05, 4.69) is 11.6 Å². The molecule has 0 saturated carbocycles. The second-order valence-electron chi connectivity index (χ2n) is 5.72. The van der Waals surface area contributed by atoms with E-state index in [1.54, 1.807) is 55.1 Å². The Bertz CT molecular complexity index is 1040. The molecule has 3 aromatic rings. The van der Waals surface area contributed by atoms with Crippen LogP contribution in [0, 0.1) is 0 Å². The van der Waals surface area contributed by atoms with Gasteiger partial charge in [0.25, 0.3) is 5.56 Å². The Labute approximate surface area is 143 Å². The molecule has 7 heteroatoms. The first-order chi connectivity index (χ1) is 11.5. The van der Waals surface area contributed by atoms with Crippen molar-refractivity contribution >= 4 is 22.8 Å². The highest BCUT2D eigenvalue weighted by Crippen LogP contribution is 2.17. The maximum Gasteiger partial charge on any atom is 0.337 e. The van der Waals surface area contributed by atoms with Gasteiger partial charge in [-0.15, -0.1) is 6.58 Å². The predicted octanol–water partition coefficient (Wildman–Crippen LogP) is 2.77. The number of rotatable bonds is 4. The van der Waals surface area contributed by atoms with Gasteiger partial charge in [0.2, 0.25) is 0 Å². The molecule has 124 valence electrons. The molecule has 3 rings (SSSR count). The van der Waals surface area contributed by atoms with E-state index < -0.39 is 5.69 Å². The van der Waals surface area contributed by atoms with Gasteiger partial charge in [0, 0.05) is 17.6 Å². The highest BCUT2D eigenvalue weighted by atomic mass is 35.5. The van der Waals surface area contributed by atoms with Crippen molar-refractivity contribution in [2.45, 2.75) is 26.4 Å². The maximum atomic E-state index is 12.9. The summed E-state index contributed by atoms with van der Waals surface area (Å²) in [5.41, 5.74) is 0.446. The summed E-state index contributed by atoms with van der Waals surface area (Å²) >= 11 is 6.06. The van der Waals surface area contributed by atoms with E-state index >= 15 is 0 Å². The van der Waals surface area contributed by atoms with Crippen LogP contribution in [0.5, 0.6) is 0 Å². The van der Waals surface area contributed by atoms with Crippen LogP contribution in [0.4, 0.5) is 0 Å². The van der Waals surface area contributed by atoms with Crippen LogP contribution < -0.4 is 11.2 Å². The number of aromatic nitrogens is 4. The van der Waals surface area contributed by atoms with Gasteiger partial charge in [0.1, 0.15) is 0 Å². The average molecular weight is 345 g/mol. The molecule has 0 bridgehead atoms. The lowest BCUT2D eigenvalue weighted by Crippen LogP contribution is -2.41. The summed E-state index contributed by atoms with van der Waals surface area (Å²) in [7, 11) is 0. The smallest absolute Gasteiger partial charge is 0.321 e. The third-order valence-electron chi connectivity index (χ3n) is 3.76. The second-order valence-corrected chi connectivity index (χ2v) is 6.16. The zero-order valence-electron chi connectivity index (χ0n) is 13.4. The monoisotopic (exact) mass is 344 g/mol. The molecule has 0 aliphatic heterocycles. The molecular formula is C17H17ClN4O2. The fourth-order valence-corrected chi connectivity index (χ4v) is 2.92. The van der Waals surface area contributed by atoms with E-state index in [4.69, 9.17) is 11.6 Å². The van der Waals surface area contributed by atoms with E-state index in [9.17, 15) is 9.59 Å². The minimum Gasteiger partial charge on any atom is -0.321 e. The summed E-state index contributed by atoms with van der Waals surface area (Å²) in [5.74, 6) is 0. The van der Waals surface area contributed by atoms with Crippen LogP contribution in [0.15, 0.2) is 52.8 Å². The molecule has 0 aliphatic rings. The fraction of sp³-hybridized carbons (Fsp3) is 0.235. The zero-order chi connectivity index (χ0) is 17.4. The van der Waals surface area contributed by atoms with Crippen molar-refractivity contribution in [1.29, 1.82) is 0 Å². The van der Waals surface area contributed by atoms with Crippen LogP contribution in [-0.4, -0.2) is 18.7 Å². The molecule has 1 aromatic carbocycles. The summed E-state index contributed by atoms with van der Waals surface area (Å²) in [6, 6.07) is 6.62. The molecule has 0 N–H and O–H groups in total. The summed E-state index contributed by atoms with van der Waals surface area (Å²) in [6.45, 7) is 7.72. The third-order valence-corrected chi connectivity index (χ3v) is 3.99. The number of allylic oxidation sites excluding steroid dienone is 1. The van der Waals surface area contributed by atoms with Gasteiger partial charge in [-0.3, -0.25) is 9.36 Å². The third kappa shape index (κ3) is 2.49. The maximum absolute atomic E-state index is 12.9. The number of benzene rings is 1. The Kier molecular flexibility index (Phi) is 4.15. The Balaban J connectivity index is 2.51. The van der Waals surface area contributed by atoms with Crippen molar-refractivity contribution in [1.82, 2.24) is 18.7 Å². The highest BCUT2D eigenvalue weighted by molar-refractivity contribution is 6.30. The van der Waals surface area contributed by atoms with E-state index in [1.807, 2.05) is 0 Å². The van der Waals surface area contributed by atoms with Gasteiger partial charge in [-0.1, -0.05) is 23.7 Å². The molecule has 0 radical (unpaired) electrons. The molecule has 24 heavy (non-hydrogen) atoms. The largest absolute Gasteiger partial charge is 0.337 e. The first-order valence-corrected chi connectivity index (χ1v) is 7.92. The topological polar surface area (TPSA) is 61.8 Å². The van der Waals surface area contributed by atoms with E-state index in [0.717, 1.165) is 0 Å². The Hall–Kier alpha value is -2.60. The van der Waals surface area contributed by atoms with Gasteiger partial charge in [0.15, 0.2) is 11.2 Å². The lowest BCUT2D eigenvalue weighted by atomic mass is 10.3. The Morgan fingerprint density at radius 3 is 2.71 bits per heavy atom. The molecule has 0 fully saturated rings. The number of nitrogens with zero attached hydrogens (tertiary/aromatic N) is 4. The molecule has 0 saturated heterocycles. The number of hydrogen-bond acceptors (Lipinski definition) is 3. The van der Waals surface area contributed by atoms with Crippen LogP contribution in [0.1, 0.15) is 19.9 Å². The van der Waals surface area contributed by atoms with Gasteiger partial charge in [0.05, 0.1) is 12.0 Å². The standard InChI is InChI=1S/C17H17ClN4O2/c1-4-8-20-10-19-15-14(20)16(23)21(11(2)3)17(24)22(15)13-7-5-6-12(18)9-13/h4-7,9-11H,1,8H2,2-3H3. The molecule has 2 heterocycles. The van der Waals surface area contributed by atoms with Gasteiger partial charge < -0.3 is 4.57 Å². The quantitative estimate of drug-likeness (QED) is 0.684. The average Bonchev–Trinajstić information content (AvgIpc) is 2.91. The van der Waals surface area contributed by atoms with Crippen LogP contribution >= 0.6 is 11.6 Å². The minimum atomic E-state index is -0.436. The van der Waals surface area contributed by atoms with Crippen LogP contribution in [0.2, 0.25) is 5.02 Å². The van der Waals surface area contributed by atoms with Crippen molar-refractivity contribution in [3.8, 4) is 5.69 Å². The van der Waals surface area contributed by atoms with Crippen LogP contribution in [0.25, 0.3) is 16.9 Å². The van der Waals surface area contributed by atoms with Crippen molar-refractivity contribution in [3.63, 3.8) is 0 Å². The molecule has 0 atom stereocenters. The lowest BCUT2D eigenvalue weighted by Gasteiger charge is -2.14. The first kappa shape index (κ1) is 16.3. The molecule has 2 aromatic heterocycles. The SMILES string of the molecule is C=CCn1cnc2c1c(=O)n(C(C)C)c(=O)n2-c1cccc(Cl)c1. The number of fused-ring (bicyclic) bond motifs is 1. The lowest BCUT2D eigenvalue weighted by molar-refractivity contribution is 0.539. The molecule has 0 unspecified atom stereocenters. The zero-order valence-corrected chi connectivity index (χ0v) is 14.2. The summed E-state index contributed by atoms with van der Waals surface area (Å²) in [4.78, 5) is 30.1. The number of halogens is 1. The van der Waals surface area contributed by atoms with Crippen molar-refractivity contribution in [3.05, 3.63) is 69.1 Å². The van der Waals surface area contributed by atoms with Gasteiger partial charge in [-0.25, -0.2) is 14.3 Å². The van der Waals surface area contributed by atoms with Crippen molar-refractivity contribution in [2.24, 2.45) is 0 Å². The van der Waals surface area contributed by atoms with Crippen LogP contribution in [0.3, 0.4) is 0 Å². The molecule has 0 amide bonds. The summed E-state index contributed by atoms with van der Waals surface area (Å²) < 4.78 is 4.33. The van der Waals surface area contributed by atoms with E-state index in [0.29, 0.717) is 28.4 Å².